The normalized spacial score (nSPS) is 19.0. The number of hydrogen-bond acceptors (Lipinski definition) is 5. The molecule has 2 aromatic carbocycles. The monoisotopic (exact) mass is 493 g/mol. The molecule has 2 aromatic rings. The molecule has 0 radical (unpaired) electrons. The van der Waals surface area contributed by atoms with Gasteiger partial charge in [-0.25, -0.2) is 8.42 Å². The zero-order valence-corrected chi connectivity index (χ0v) is 18.5. The van der Waals surface area contributed by atoms with E-state index in [-0.39, 0.29) is 29.9 Å². The van der Waals surface area contributed by atoms with E-state index in [0.29, 0.717) is 30.0 Å². The molecule has 0 unspecified atom stereocenters. The zero-order valence-electron chi connectivity index (χ0n) is 16.1. The van der Waals surface area contributed by atoms with Crippen molar-refractivity contribution in [1.82, 2.24) is 4.31 Å². The smallest absolute Gasteiger partial charge is 0.262 e. The summed E-state index contributed by atoms with van der Waals surface area (Å²) in [6.45, 7) is 2.07. The Labute approximate surface area is 182 Å². The average Bonchev–Trinajstić information content (AvgIpc) is 3.20. The molecule has 0 aromatic heterocycles. The summed E-state index contributed by atoms with van der Waals surface area (Å²) < 4.78 is 33.8. The van der Waals surface area contributed by atoms with E-state index >= 15 is 0 Å². The lowest BCUT2D eigenvalue weighted by atomic mass is 10.2. The molecule has 10 heteroatoms. The van der Waals surface area contributed by atoms with Crippen molar-refractivity contribution in [3.63, 3.8) is 0 Å². The van der Waals surface area contributed by atoms with Gasteiger partial charge >= 0.3 is 0 Å². The van der Waals surface area contributed by atoms with Gasteiger partial charge in [-0.15, -0.1) is 0 Å². The molecular formula is C20H20BrN3O5S. The van der Waals surface area contributed by atoms with Gasteiger partial charge in [-0.1, -0.05) is 6.07 Å². The molecule has 1 atom stereocenters. The minimum absolute atomic E-state index is 0.00302. The lowest BCUT2D eigenvalue weighted by Gasteiger charge is -2.25. The molecule has 0 aliphatic carbocycles. The molecule has 1 fully saturated rings. The first-order valence-electron chi connectivity index (χ1n) is 9.41. The molecule has 8 nitrogen and oxygen atoms in total. The third-order valence-corrected chi connectivity index (χ3v) is 7.64. The van der Waals surface area contributed by atoms with E-state index in [9.17, 15) is 18.0 Å². The molecule has 2 N–H and O–H groups in total. The van der Waals surface area contributed by atoms with Crippen molar-refractivity contribution in [2.45, 2.75) is 30.7 Å². The zero-order chi connectivity index (χ0) is 21.5. The van der Waals surface area contributed by atoms with E-state index in [4.69, 9.17) is 4.74 Å². The highest BCUT2D eigenvalue weighted by atomic mass is 79.9. The summed E-state index contributed by atoms with van der Waals surface area (Å²) in [7, 11) is -3.94. The standard InChI is InChI=1S/C20H20BrN3O5S/c1-12-4-6-15(14(21)9-12)23-20(26)17-3-2-8-24(17)30(27,28)13-5-7-18-16(10-13)22-19(25)11-29-18/h4-7,9-10,17H,2-3,8,11H2,1H3,(H,22,25)(H,23,26)/t17-/m0/s1. The minimum Gasteiger partial charge on any atom is -0.482 e. The summed E-state index contributed by atoms with van der Waals surface area (Å²) in [5, 5.41) is 5.43. The number of halogens is 1. The first-order chi connectivity index (χ1) is 14.3. The van der Waals surface area contributed by atoms with Crippen LogP contribution in [0.25, 0.3) is 0 Å². The fraction of sp³-hybridized carbons (Fsp3) is 0.300. The van der Waals surface area contributed by atoms with Crippen LogP contribution in [0.4, 0.5) is 11.4 Å². The maximum atomic E-state index is 13.3. The van der Waals surface area contributed by atoms with E-state index in [1.165, 1.54) is 22.5 Å². The topological polar surface area (TPSA) is 105 Å². The number of hydrogen-bond donors (Lipinski definition) is 2. The molecule has 158 valence electrons. The van der Waals surface area contributed by atoms with E-state index in [1.54, 1.807) is 6.07 Å². The molecule has 0 saturated carbocycles. The maximum Gasteiger partial charge on any atom is 0.262 e. The van der Waals surface area contributed by atoms with Crippen molar-refractivity contribution in [2.24, 2.45) is 0 Å². The lowest BCUT2D eigenvalue weighted by molar-refractivity contribution is -0.119. The number of sulfonamides is 1. The van der Waals surface area contributed by atoms with Crippen LogP contribution >= 0.6 is 15.9 Å². The highest BCUT2D eigenvalue weighted by Crippen LogP contribution is 2.34. The van der Waals surface area contributed by atoms with Crippen LogP contribution in [0.5, 0.6) is 5.75 Å². The second-order valence-corrected chi connectivity index (χ2v) is 9.99. The first kappa shape index (κ1) is 20.8. The highest BCUT2D eigenvalue weighted by Gasteiger charge is 2.40. The molecule has 2 heterocycles. The van der Waals surface area contributed by atoms with Gasteiger partial charge < -0.3 is 15.4 Å². The number of carbonyl (C=O) groups excluding carboxylic acids is 2. The molecule has 1 saturated heterocycles. The summed E-state index contributed by atoms with van der Waals surface area (Å²) in [5.41, 5.74) is 1.92. The predicted octanol–water partition coefficient (Wildman–Crippen LogP) is 2.88. The number of nitrogens with one attached hydrogen (secondary N) is 2. The van der Waals surface area contributed by atoms with Crippen LogP contribution in [0.1, 0.15) is 18.4 Å². The molecule has 30 heavy (non-hydrogen) atoms. The number of fused-ring (bicyclic) bond motifs is 1. The predicted molar refractivity (Wildman–Crippen MR) is 115 cm³/mol. The van der Waals surface area contributed by atoms with E-state index < -0.39 is 16.1 Å². The largest absolute Gasteiger partial charge is 0.482 e. The Morgan fingerprint density at radius 2 is 2.07 bits per heavy atom. The maximum absolute atomic E-state index is 13.3. The van der Waals surface area contributed by atoms with Gasteiger partial charge in [0.1, 0.15) is 11.8 Å². The fourth-order valence-electron chi connectivity index (χ4n) is 3.59. The van der Waals surface area contributed by atoms with Gasteiger partial charge in [0.05, 0.1) is 16.3 Å². The fourth-order valence-corrected chi connectivity index (χ4v) is 5.86. The van der Waals surface area contributed by atoms with Crippen LogP contribution in [0.2, 0.25) is 0 Å². The van der Waals surface area contributed by atoms with Crippen LogP contribution < -0.4 is 15.4 Å². The Hall–Kier alpha value is -2.43. The quantitative estimate of drug-likeness (QED) is 0.681. The van der Waals surface area contributed by atoms with Crippen LogP contribution in [-0.4, -0.2) is 43.7 Å². The highest BCUT2D eigenvalue weighted by molar-refractivity contribution is 9.10. The van der Waals surface area contributed by atoms with Gasteiger partial charge in [0.15, 0.2) is 6.61 Å². The molecule has 2 aliphatic rings. The van der Waals surface area contributed by atoms with Crippen LogP contribution in [0, 0.1) is 6.92 Å². The molecule has 4 rings (SSSR count). The van der Waals surface area contributed by atoms with Gasteiger partial charge in [0.25, 0.3) is 5.91 Å². The second kappa shape index (κ2) is 8.01. The van der Waals surface area contributed by atoms with Crippen molar-refractivity contribution in [3.05, 3.63) is 46.4 Å². The summed E-state index contributed by atoms with van der Waals surface area (Å²) >= 11 is 3.42. The van der Waals surface area contributed by atoms with E-state index in [0.717, 1.165) is 10.0 Å². The van der Waals surface area contributed by atoms with Gasteiger partial charge in [0, 0.05) is 11.0 Å². The van der Waals surface area contributed by atoms with Crippen LogP contribution in [0.15, 0.2) is 45.8 Å². The van der Waals surface area contributed by atoms with Gasteiger partial charge in [0.2, 0.25) is 15.9 Å². The van der Waals surface area contributed by atoms with Gasteiger partial charge in [-0.05, 0) is 71.6 Å². The number of benzene rings is 2. The number of ether oxygens (including phenoxy) is 1. The van der Waals surface area contributed by atoms with Crippen molar-refractivity contribution in [3.8, 4) is 5.75 Å². The van der Waals surface area contributed by atoms with Gasteiger partial charge in [-0.3, -0.25) is 9.59 Å². The average molecular weight is 494 g/mol. The summed E-state index contributed by atoms with van der Waals surface area (Å²) in [6.07, 6.45) is 1.01. The number of rotatable bonds is 4. The number of amides is 2. The second-order valence-electron chi connectivity index (χ2n) is 7.24. The molecule has 2 aliphatic heterocycles. The Morgan fingerprint density at radius 3 is 2.83 bits per heavy atom. The van der Waals surface area contributed by atoms with Crippen LogP contribution in [-0.2, 0) is 19.6 Å². The van der Waals surface area contributed by atoms with E-state index in [1.807, 2.05) is 19.1 Å². The third-order valence-electron chi connectivity index (χ3n) is 5.08. The Balaban J connectivity index is 1.58. The van der Waals surface area contributed by atoms with Crippen molar-refractivity contribution in [1.29, 1.82) is 0 Å². The lowest BCUT2D eigenvalue weighted by Crippen LogP contribution is -2.43. The molecule has 0 bridgehead atoms. The van der Waals surface area contributed by atoms with Gasteiger partial charge in [-0.2, -0.15) is 4.31 Å². The Bertz CT molecular complexity index is 1140. The number of carbonyl (C=O) groups is 2. The van der Waals surface area contributed by atoms with Crippen LogP contribution in [0.3, 0.4) is 0 Å². The molecule has 2 amide bonds. The Kier molecular flexibility index (Phi) is 5.56. The minimum atomic E-state index is -3.94. The number of anilines is 2. The summed E-state index contributed by atoms with van der Waals surface area (Å²) in [5.74, 6) is -0.317. The summed E-state index contributed by atoms with van der Waals surface area (Å²) in [4.78, 5) is 24.5. The van der Waals surface area contributed by atoms with E-state index in [2.05, 4.69) is 26.6 Å². The molecule has 0 spiro atoms. The SMILES string of the molecule is Cc1ccc(NC(=O)[C@@H]2CCCN2S(=O)(=O)c2ccc3c(c2)NC(=O)CO3)c(Br)c1. The number of aryl methyl sites for hydroxylation is 1. The third kappa shape index (κ3) is 3.94. The first-order valence-corrected chi connectivity index (χ1v) is 11.6. The van der Waals surface area contributed by atoms with Crippen molar-refractivity contribution in [2.75, 3.05) is 23.8 Å². The Morgan fingerprint density at radius 1 is 1.27 bits per heavy atom. The molecular weight excluding hydrogens is 474 g/mol. The summed E-state index contributed by atoms with van der Waals surface area (Å²) in [6, 6.07) is 9.01. The van der Waals surface area contributed by atoms with Crippen molar-refractivity contribution >= 4 is 49.1 Å². The number of nitrogens with zero attached hydrogens (tertiary/aromatic N) is 1. The van der Waals surface area contributed by atoms with Crippen molar-refractivity contribution < 1.29 is 22.7 Å².